The molecule has 2 rings (SSSR count). The van der Waals surface area contributed by atoms with Crippen LogP contribution < -0.4 is 11.1 Å². The van der Waals surface area contributed by atoms with Crippen LogP contribution in [0.3, 0.4) is 0 Å². The third kappa shape index (κ3) is 3.21. The van der Waals surface area contributed by atoms with E-state index in [9.17, 15) is 15.0 Å². The second-order valence-corrected chi connectivity index (χ2v) is 5.15. The van der Waals surface area contributed by atoms with E-state index in [1.807, 2.05) is 12.1 Å². The molecule has 0 aliphatic heterocycles. The summed E-state index contributed by atoms with van der Waals surface area (Å²) < 4.78 is 0.860. The summed E-state index contributed by atoms with van der Waals surface area (Å²) in [6, 6.07) is 10.6. The maximum atomic E-state index is 11.6. The van der Waals surface area contributed by atoms with Gasteiger partial charge in [0.25, 0.3) is 0 Å². The highest BCUT2D eigenvalue weighted by Crippen LogP contribution is 2.29. The van der Waals surface area contributed by atoms with Crippen LogP contribution in [0.15, 0.2) is 46.9 Å². The highest BCUT2D eigenvalue weighted by atomic mass is 79.9. The summed E-state index contributed by atoms with van der Waals surface area (Å²) in [7, 11) is 0. The summed E-state index contributed by atoms with van der Waals surface area (Å²) in [6.45, 7) is 0. The first kappa shape index (κ1) is 14.2. The number of halogens is 1. The van der Waals surface area contributed by atoms with E-state index in [0.29, 0.717) is 11.3 Å². The molecule has 5 N–H and O–H groups in total. The quantitative estimate of drug-likeness (QED) is 0.645. The maximum Gasteiger partial charge on any atom is 0.244 e. The van der Waals surface area contributed by atoms with Crippen LogP contribution in [0.5, 0.6) is 11.5 Å². The van der Waals surface area contributed by atoms with Crippen molar-refractivity contribution in [3.05, 3.63) is 52.5 Å². The van der Waals surface area contributed by atoms with E-state index in [4.69, 9.17) is 5.73 Å². The van der Waals surface area contributed by atoms with Crippen molar-refractivity contribution >= 4 is 27.5 Å². The topological polar surface area (TPSA) is 95.6 Å². The normalized spacial score (nSPS) is 11.8. The minimum atomic E-state index is -0.809. The number of nitrogens with one attached hydrogen (secondary N) is 1. The van der Waals surface area contributed by atoms with Gasteiger partial charge in [-0.05, 0) is 35.9 Å². The van der Waals surface area contributed by atoms with Crippen molar-refractivity contribution in [1.82, 2.24) is 0 Å². The lowest BCUT2D eigenvalue weighted by Gasteiger charge is -2.17. The number of hydrogen-bond donors (Lipinski definition) is 4. The molecule has 2 aromatic rings. The van der Waals surface area contributed by atoms with E-state index < -0.39 is 11.9 Å². The Labute approximate surface area is 124 Å². The molecule has 0 saturated carbocycles. The molecular weight excluding hydrogens is 324 g/mol. The molecule has 6 heteroatoms. The minimum Gasteiger partial charge on any atom is -0.504 e. The van der Waals surface area contributed by atoms with Crippen LogP contribution >= 0.6 is 15.9 Å². The zero-order chi connectivity index (χ0) is 14.7. The SMILES string of the molecule is NC(=O)C(Nc1cccc(Br)c1)c1ccc(O)c(O)c1. The second kappa shape index (κ2) is 5.83. The lowest BCUT2D eigenvalue weighted by atomic mass is 10.1. The summed E-state index contributed by atoms with van der Waals surface area (Å²) >= 11 is 3.34. The lowest BCUT2D eigenvalue weighted by Crippen LogP contribution is -2.27. The zero-order valence-corrected chi connectivity index (χ0v) is 12.0. The van der Waals surface area contributed by atoms with Crippen molar-refractivity contribution in [3.8, 4) is 11.5 Å². The van der Waals surface area contributed by atoms with Crippen LogP contribution in [0.25, 0.3) is 0 Å². The summed E-state index contributed by atoms with van der Waals surface area (Å²) in [4.78, 5) is 11.6. The van der Waals surface area contributed by atoms with Gasteiger partial charge in [0.05, 0.1) is 0 Å². The number of carbonyl (C=O) groups is 1. The number of nitrogens with two attached hydrogens (primary N) is 1. The Morgan fingerprint density at radius 2 is 1.90 bits per heavy atom. The van der Waals surface area contributed by atoms with Gasteiger partial charge in [-0.3, -0.25) is 4.79 Å². The van der Waals surface area contributed by atoms with E-state index in [2.05, 4.69) is 21.2 Å². The van der Waals surface area contributed by atoms with Crippen LogP contribution in [0, 0.1) is 0 Å². The van der Waals surface area contributed by atoms with Gasteiger partial charge in [-0.2, -0.15) is 0 Å². The predicted molar refractivity (Wildman–Crippen MR) is 79.5 cm³/mol. The van der Waals surface area contributed by atoms with Crippen LogP contribution in [0.4, 0.5) is 5.69 Å². The molecule has 104 valence electrons. The van der Waals surface area contributed by atoms with E-state index in [0.717, 1.165) is 4.47 Å². The van der Waals surface area contributed by atoms with Crippen LogP contribution in [0.2, 0.25) is 0 Å². The van der Waals surface area contributed by atoms with Gasteiger partial charge < -0.3 is 21.3 Å². The average Bonchev–Trinajstić information content (AvgIpc) is 2.39. The van der Waals surface area contributed by atoms with Crippen LogP contribution in [-0.2, 0) is 4.79 Å². The molecule has 0 spiro atoms. The van der Waals surface area contributed by atoms with Crippen LogP contribution in [0.1, 0.15) is 11.6 Å². The fraction of sp³-hybridized carbons (Fsp3) is 0.0714. The summed E-state index contributed by atoms with van der Waals surface area (Å²) in [6.07, 6.45) is 0. The maximum absolute atomic E-state index is 11.6. The van der Waals surface area contributed by atoms with Gasteiger partial charge in [-0.25, -0.2) is 0 Å². The molecule has 0 radical (unpaired) electrons. The Kier molecular flexibility index (Phi) is 4.14. The Morgan fingerprint density at radius 3 is 2.50 bits per heavy atom. The Hall–Kier alpha value is -2.21. The fourth-order valence-corrected chi connectivity index (χ4v) is 2.18. The third-order valence-electron chi connectivity index (χ3n) is 2.75. The largest absolute Gasteiger partial charge is 0.504 e. The van der Waals surface area contributed by atoms with Gasteiger partial charge >= 0.3 is 0 Å². The van der Waals surface area contributed by atoms with E-state index >= 15 is 0 Å². The third-order valence-corrected chi connectivity index (χ3v) is 3.25. The molecule has 0 aliphatic carbocycles. The smallest absolute Gasteiger partial charge is 0.244 e. The monoisotopic (exact) mass is 336 g/mol. The molecule has 2 aromatic carbocycles. The number of anilines is 1. The Balaban J connectivity index is 2.32. The van der Waals surface area contributed by atoms with E-state index in [1.165, 1.54) is 18.2 Å². The van der Waals surface area contributed by atoms with Gasteiger partial charge in [0.1, 0.15) is 6.04 Å². The number of primary amides is 1. The van der Waals surface area contributed by atoms with Crippen molar-refractivity contribution in [2.75, 3.05) is 5.32 Å². The van der Waals surface area contributed by atoms with Gasteiger partial charge in [0.2, 0.25) is 5.91 Å². The zero-order valence-electron chi connectivity index (χ0n) is 10.4. The van der Waals surface area contributed by atoms with Crippen molar-refractivity contribution in [1.29, 1.82) is 0 Å². The standard InChI is InChI=1S/C14H13BrN2O3/c15-9-2-1-3-10(7-9)17-13(14(16)20)8-4-5-11(18)12(19)6-8/h1-7,13,17-19H,(H2,16,20). The summed E-state index contributed by atoms with van der Waals surface area (Å²) in [5.74, 6) is -1.14. The fourth-order valence-electron chi connectivity index (χ4n) is 1.78. The molecule has 5 nitrogen and oxygen atoms in total. The second-order valence-electron chi connectivity index (χ2n) is 4.24. The highest BCUT2D eigenvalue weighted by molar-refractivity contribution is 9.10. The van der Waals surface area contributed by atoms with Crippen molar-refractivity contribution in [2.45, 2.75) is 6.04 Å². The molecule has 1 atom stereocenters. The number of benzene rings is 2. The lowest BCUT2D eigenvalue weighted by molar-refractivity contribution is -0.118. The highest BCUT2D eigenvalue weighted by Gasteiger charge is 2.19. The minimum absolute atomic E-state index is 0.251. The molecule has 0 aliphatic rings. The molecule has 1 amide bonds. The number of hydrogen-bond acceptors (Lipinski definition) is 4. The van der Waals surface area contributed by atoms with Crippen molar-refractivity contribution in [3.63, 3.8) is 0 Å². The van der Waals surface area contributed by atoms with Gasteiger partial charge in [0.15, 0.2) is 11.5 Å². The van der Waals surface area contributed by atoms with Gasteiger partial charge in [0, 0.05) is 10.2 Å². The number of aromatic hydroxyl groups is 2. The molecule has 0 fully saturated rings. The summed E-state index contributed by atoms with van der Waals surface area (Å²) in [5.41, 5.74) is 6.56. The molecule has 0 saturated heterocycles. The molecule has 0 bridgehead atoms. The number of phenols is 2. The van der Waals surface area contributed by atoms with E-state index in [-0.39, 0.29) is 11.5 Å². The Morgan fingerprint density at radius 1 is 1.15 bits per heavy atom. The van der Waals surface area contributed by atoms with Gasteiger partial charge in [-0.1, -0.05) is 28.1 Å². The average molecular weight is 337 g/mol. The first-order chi connectivity index (χ1) is 9.47. The molecule has 0 heterocycles. The molecular formula is C14H13BrN2O3. The molecule has 20 heavy (non-hydrogen) atoms. The summed E-state index contributed by atoms with van der Waals surface area (Å²) in [5, 5.41) is 21.8. The van der Waals surface area contributed by atoms with E-state index in [1.54, 1.807) is 12.1 Å². The van der Waals surface area contributed by atoms with Crippen molar-refractivity contribution in [2.24, 2.45) is 5.73 Å². The molecule has 1 unspecified atom stereocenters. The first-order valence-electron chi connectivity index (χ1n) is 5.80. The number of carbonyl (C=O) groups excluding carboxylic acids is 1. The van der Waals surface area contributed by atoms with Gasteiger partial charge in [-0.15, -0.1) is 0 Å². The first-order valence-corrected chi connectivity index (χ1v) is 6.60. The Bertz CT molecular complexity index is 646. The predicted octanol–water partition coefficient (Wildman–Crippen LogP) is 2.50. The number of phenolic OH excluding ortho intramolecular Hbond substituents is 2. The number of rotatable bonds is 4. The van der Waals surface area contributed by atoms with Crippen molar-refractivity contribution < 1.29 is 15.0 Å². The van der Waals surface area contributed by atoms with Crippen LogP contribution in [-0.4, -0.2) is 16.1 Å². The molecule has 0 aromatic heterocycles. The number of amides is 1.